The number of aryl methyl sites for hydroxylation is 1. The zero-order valence-electron chi connectivity index (χ0n) is 10.4. The Hall–Kier alpha value is -2.56. The van der Waals surface area contributed by atoms with Crippen LogP contribution in [0, 0.1) is 12.1 Å². The average Bonchev–Trinajstić information content (AvgIpc) is 2.79. The summed E-state index contributed by atoms with van der Waals surface area (Å²) >= 11 is 0. The second kappa shape index (κ2) is 4.61. The Morgan fingerprint density at radius 3 is 2.79 bits per heavy atom. The van der Waals surface area contributed by atoms with Crippen LogP contribution in [0.3, 0.4) is 0 Å². The number of nitrogens with zero attached hydrogens (tertiary/aromatic N) is 2. The molecule has 0 aliphatic rings. The van der Waals surface area contributed by atoms with Crippen LogP contribution in [0.15, 0.2) is 47.1 Å². The Morgan fingerprint density at radius 1 is 1.21 bits per heavy atom. The van der Waals surface area contributed by atoms with Crippen molar-refractivity contribution in [2.45, 2.75) is 13.5 Å². The normalized spacial score (nSPS) is 10.8. The highest BCUT2D eigenvalue weighted by molar-refractivity contribution is 5.72. The van der Waals surface area contributed by atoms with Gasteiger partial charge in [-0.15, -0.1) is 0 Å². The Labute approximate surface area is 109 Å². The molecule has 0 fully saturated rings. The summed E-state index contributed by atoms with van der Waals surface area (Å²) < 4.78 is 10.2. The van der Waals surface area contributed by atoms with Crippen molar-refractivity contribution < 1.29 is 14.3 Å². The quantitative estimate of drug-likeness (QED) is 0.675. The summed E-state index contributed by atoms with van der Waals surface area (Å²) in [6.07, 6.45) is 0. The summed E-state index contributed by atoms with van der Waals surface area (Å²) in [6, 6.07) is 13.2. The molecular formula is C14H12N2O3. The first-order valence-corrected chi connectivity index (χ1v) is 5.90. The molecule has 19 heavy (non-hydrogen) atoms. The van der Waals surface area contributed by atoms with Crippen molar-refractivity contribution in [1.82, 2.24) is 5.16 Å². The number of hydrogen-bond acceptors (Lipinski definition) is 4. The van der Waals surface area contributed by atoms with Gasteiger partial charge < -0.3 is 9.94 Å². The minimum absolute atomic E-state index is 0.374. The SMILES string of the molecule is Cc1ccc(COc2ccc3c(c2)no[n+]3[O-])cc1. The van der Waals surface area contributed by atoms with E-state index in [-0.39, 0.29) is 0 Å². The van der Waals surface area contributed by atoms with Crippen LogP contribution in [-0.2, 0) is 6.61 Å². The van der Waals surface area contributed by atoms with Crippen molar-refractivity contribution >= 4 is 11.0 Å². The third-order valence-corrected chi connectivity index (χ3v) is 2.88. The molecule has 0 bridgehead atoms. The molecule has 0 radical (unpaired) electrons. The zero-order chi connectivity index (χ0) is 13.2. The molecule has 96 valence electrons. The molecule has 0 amide bonds. The second-order valence-electron chi connectivity index (χ2n) is 4.35. The first-order chi connectivity index (χ1) is 9.22. The van der Waals surface area contributed by atoms with Gasteiger partial charge in [0.05, 0.1) is 0 Å². The van der Waals surface area contributed by atoms with E-state index >= 15 is 0 Å². The van der Waals surface area contributed by atoms with Gasteiger partial charge in [0.25, 0.3) is 5.52 Å². The maximum atomic E-state index is 11.1. The predicted molar refractivity (Wildman–Crippen MR) is 68.5 cm³/mol. The van der Waals surface area contributed by atoms with Gasteiger partial charge in [-0.1, -0.05) is 29.8 Å². The van der Waals surface area contributed by atoms with E-state index in [1.165, 1.54) is 5.56 Å². The van der Waals surface area contributed by atoms with E-state index in [0.29, 0.717) is 28.3 Å². The Bertz CT molecular complexity index is 704. The molecule has 5 nitrogen and oxygen atoms in total. The van der Waals surface area contributed by atoms with Gasteiger partial charge in [0.2, 0.25) is 5.52 Å². The van der Waals surface area contributed by atoms with Crippen molar-refractivity contribution in [3.63, 3.8) is 0 Å². The van der Waals surface area contributed by atoms with Crippen LogP contribution in [-0.4, -0.2) is 5.16 Å². The highest BCUT2D eigenvalue weighted by atomic mass is 16.8. The highest BCUT2D eigenvalue weighted by Crippen LogP contribution is 2.18. The number of aromatic nitrogens is 2. The third-order valence-electron chi connectivity index (χ3n) is 2.88. The fraction of sp³-hybridized carbons (Fsp3) is 0.143. The maximum absolute atomic E-state index is 11.1. The molecule has 0 N–H and O–H groups in total. The van der Waals surface area contributed by atoms with E-state index in [1.54, 1.807) is 18.2 Å². The summed E-state index contributed by atoms with van der Waals surface area (Å²) in [5.74, 6) is 0.655. The number of benzene rings is 2. The summed E-state index contributed by atoms with van der Waals surface area (Å²) in [6.45, 7) is 2.52. The number of hydrogen-bond donors (Lipinski definition) is 0. The number of rotatable bonds is 3. The van der Waals surface area contributed by atoms with E-state index in [9.17, 15) is 5.21 Å². The second-order valence-corrected chi connectivity index (χ2v) is 4.35. The molecule has 0 spiro atoms. The van der Waals surface area contributed by atoms with E-state index in [4.69, 9.17) is 4.74 Å². The zero-order valence-corrected chi connectivity index (χ0v) is 10.4. The molecule has 0 saturated carbocycles. The molecule has 0 unspecified atom stereocenters. The number of fused-ring (bicyclic) bond motifs is 1. The molecule has 0 saturated heterocycles. The lowest BCUT2D eigenvalue weighted by molar-refractivity contribution is -0.782. The standard InChI is InChI=1S/C14H12N2O3/c1-10-2-4-11(5-3-10)9-18-12-6-7-14-13(8-12)15-19-16(14)17/h2-8H,9H2,1H3. The topological polar surface area (TPSA) is 62.2 Å². The van der Waals surface area contributed by atoms with Crippen LogP contribution in [0.5, 0.6) is 5.75 Å². The summed E-state index contributed by atoms with van der Waals surface area (Å²) in [7, 11) is 0. The van der Waals surface area contributed by atoms with Gasteiger partial charge in [-0.2, -0.15) is 0 Å². The van der Waals surface area contributed by atoms with Crippen molar-refractivity contribution in [3.8, 4) is 5.75 Å². The van der Waals surface area contributed by atoms with Crippen LogP contribution in [0.4, 0.5) is 0 Å². The van der Waals surface area contributed by atoms with Crippen molar-refractivity contribution in [2.75, 3.05) is 0 Å². The van der Waals surface area contributed by atoms with Gasteiger partial charge in [0, 0.05) is 11.2 Å². The first-order valence-electron chi connectivity index (χ1n) is 5.90. The lowest BCUT2D eigenvalue weighted by Crippen LogP contribution is -2.22. The smallest absolute Gasteiger partial charge is 0.252 e. The van der Waals surface area contributed by atoms with Crippen LogP contribution < -0.4 is 9.64 Å². The highest BCUT2D eigenvalue weighted by Gasteiger charge is 2.09. The molecule has 0 atom stereocenters. The molecular weight excluding hydrogens is 244 g/mol. The van der Waals surface area contributed by atoms with Crippen molar-refractivity contribution in [2.24, 2.45) is 0 Å². The van der Waals surface area contributed by atoms with Crippen molar-refractivity contribution in [1.29, 1.82) is 0 Å². The molecule has 1 aromatic heterocycles. The van der Waals surface area contributed by atoms with Gasteiger partial charge in [-0.25, -0.2) is 0 Å². The fourth-order valence-electron chi connectivity index (χ4n) is 1.80. The van der Waals surface area contributed by atoms with E-state index in [0.717, 1.165) is 5.56 Å². The molecule has 1 heterocycles. The van der Waals surface area contributed by atoms with Crippen LogP contribution in [0.1, 0.15) is 11.1 Å². The minimum atomic E-state index is 0.374. The van der Waals surface area contributed by atoms with Gasteiger partial charge in [0.15, 0.2) is 0 Å². The summed E-state index contributed by atoms with van der Waals surface area (Å²) in [4.78, 5) is 0.374. The predicted octanol–water partition coefficient (Wildman–Crippen LogP) is 2.35. The average molecular weight is 256 g/mol. The molecule has 3 aromatic rings. The summed E-state index contributed by atoms with van der Waals surface area (Å²) in [5, 5.41) is 14.8. The van der Waals surface area contributed by atoms with Gasteiger partial charge >= 0.3 is 0 Å². The van der Waals surface area contributed by atoms with Gasteiger partial charge in [-0.05, 0) is 29.5 Å². The van der Waals surface area contributed by atoms with Crippen LogP contribution in [0.2, 0.25) is 0 Å². The minimum Gasteiger partial charge on any atom is -0.489 e. The number of ether oxygens (including phenoxy) is 1. The van der Waals surface area contributed by atoms with Crippen molar-refractivity contribution in [3.05, 3.63) is 58.8 Å². The van der Waals surface area contributed by atoms with Crippen LogP contribution >= 0.6 is 0 Å². The molecule has 2 aromatic carbocycles. The van der Waals surface area contributed by atoms with E-state index < -0.39 is 0 Å². The van der Waals surface area contributed by atoms with Gasteiger partial charge in [0.1, 0.15) is 12.4 Å². The fourth-order valence-corrected chi connectivity index (χ4v) is 1.80. The Kier molecular flexibility index (Phi) is 2.79. The lowest BCUT2D eigenvalue weighted by atomic mass is 10.2. The first kappa shape index (κ1) is 11.5. The Balaban J connectivity index is 1.76. The maximum Gasteiger partial charge on any atom is 0.252 e. The lowest BCUT2D eigenvalue weighted by Gasteiger charge is -2.05. The molecule has 3 rings (SSSR count). The summed E-state index contributed by atoms with van der Waals surface area (Å²) in [5.41, 5.74) is 3.18. The monoisotopic (exact) mass is 256 g/mol. The molecule has 0 aliphatic carbocycles. The van der Waals surface area contributed by atoms with Crippen LogP contribution in [0.25, 0.3) is 11.0 Å². The molecule has 0 aliphatic heterocycles. The Morgan fingerprint density at radius 2 is 2.00 bits per heavy atom. The van der Waals surface area contributed by atoms with E-state index in [1.807, 2.05) is 31.2 Å². The van der Waals surface area contributed by atoms with Gasteiger partial charge in [-0.3, -0.25) is 4.63 Å². The van der Waals surface area contributed by atoms with E-state index in [2.05, 4.69) is 9.79 Å². The largest absolute Gasteiger partial charge is 0.489 e. The molecule has 5 heteroatoms. The third kappa shape index (κ3) is 2.35.